The van der Waals surface area contributed by atoms with Gasteiger partial charge in [-0.1, -0.05) is 45.8 Å². The van der Waals surface area contributed by atoms with E-state index in [4.69, 9.17) is 4.74 Å². The summed E-state index contributed by atoms with van der Waals surface area (Å²) in [5.41, 5.74) is 2.82. The zero-order valence-corrected chi connectivity index (χ0v) is 23.1. The van der Waals surface area contributed by atoms with Crippen LogP contribution >= 0.6 is 15.9 Å². The number of anilines is 2. The highest BCUT2D eigenvalue weighted by atomic mass is 79.9. The zero-order chi connectivity index (χ0) is 28.4. The molecule has 0 bridgehead atoms. The number of fused-ring (bicyclic) bond motifs is 1. The number of esters is 1. The van der Waals surface area contributed by atoms with Gasteiger partial charge in [-0.3, -0.25) is 24.1 Å². The van der Waals surface area contributed by atoms with Crippen molar-refractivity contribution in [1.29, 1.82) is 0 Å². The second-order valence-corrected chi connectivity index (χ2v) is 10.7. The first-order valence-corrected chi connectivity index (χ1v) is 13.5. The molecule has 5 rings (SSSR count). The fraction of sp³-hybridized carbons (Fsp3) is 0.194. The number of nitrogens with zero attached hydrogens (tertiary/aromatic N) is 1. The highest BCUT2D eigenvalue weighted by Gasteiger charge is 2.48. The summed E-state index contributed by atoms with van der Waals surface area (Å²) in [6.07, 6.45) is 3.16. The van der Waals surface area contributed by atoms with Gasteiger partial charge in [0.1, 0.15) is 0 Å². The van der Waals surface area contributed by atoms with Gasteiger partial charge in [0, 0.05) is 21.3 Å². The number of carbonyl (C=O) groups excluding carboxylic acids is 5. The minimum absolute atomic E-state index is 0.175. The number of hydrogen-bond donors (Lipinski definition) is 1. The number of Topliss-reactive ketones (excluding diaryl/α,β-unsaturated/α-hetero) is 1. The van der Waals surface area contributed by atoms with Gasteiger partial charge in [-0.05, 0) is 74.4 Å². The maximum Gasteiger partial charge on any atom is 0.338 e. The number of allylic oxidation sites excluding steroid dienone is 2. The summed E-state index contributed by atoms with van der Waals surface area (Å²) >= 11 is 3.30. The zero-order valence-electron chi connectivity index (χ0n) is 21.6. The fourth-order valence-electron chi connectivity index (χ4n) is 4.91. The van der Waals surface area contributed by atoms with Crippen LogP contribution in [0.25, 0.3) is 0 Å². The largest absolute Gasteiger partial charge is 0.454 e. The molecule has 0 aromatic heterocycles. The predicted octanol–water partition coefficient (Wildman–Crippen LogP) is 5.59. The number of imide groups is 1. The first kappa shape index (κ1) is 27.2. The Balaban J connectivity index is 1.20. The number of hydrogen-bond acceptors (Lipinski definition) is 6. The average molecular weight is 601 g/mol. The van der Waals surface area contributed by atoms with E-state index in [1.165, 1.54) is 17.0 Å². The molecule has 1 N–H and O–H groups in total. The minimum Gasteiger partial charge on any atom is -0.454 e. The smallest absolute Gasteiger partial charge is 0.338 e. The normalized spacial score (nSPS) is 18.1. The summed E-state index contributed by atoms with van der Waals surface area (Å²) in [5, 5.41) is 2.73. The summed E-state index contributed by atoms with van der Waals surface area (Å²) in [5.74, 6) is -2.56. The SMILES string of the molecule is CC1=CC[C@@H]2C(=O)N(c3ccc(C(=O)Nc4cccc(C(=O)OCC(=O)c5ccc(Br)cc5)c4)cc3)C(=O)[C@@H]2C1. The van der Waals surface area contributed by atoms with Crippen LogP contribution in [0.1, 0.15) is 50.8 Å². The molecule has 3 amide bonds. The van der Waals surface area contributed by atoms with E-state index in [1.807, 2.05) is 13.0 Å². The van der Waals surface area contributed by atoms with Crippen molar-refractivity contribution in [3.63, 3.8) is 0 Å². The molecule has 2 atom stereocenters. The van der Waals surface area contributed by atoms with Gasteiger partial charge < -0.3 is 10.1 Å². The van der Waals surface area contributed by atoms with Crippen LogP contribution in [0.15, 0.2) is 88.9 Å². The third-order valence-corrected chi connectivity index (χ3v) is 7.60. The van der Waals surface area contributed by atoms with Gasteiger partial charge in [0.2, 0.25) is 11.8 Å². The third kappa shape index (κ3) is 5.65. The molecule has 40 heavy (non-hydrogen) atoms. The Morgan fingerprint density at radius 3 is 2.30 bits per heavy atom. The van der Waals surface area contributed by atoms with Crippen molar-refractivity contribution in [2.45, 2.75) is 19.8 Å². The number of ether oxygens (including phenoxy) is 1. The first-order valence-electron chi connectivity index (χ1n) is 12.7. The molecule has 8 nitrogen and oxygen atoms in total. The van der Waals surface area contributed by atoms with Crippen molar-refractivity contribution in [1.82, 2.24) is 0 Å². The van der Waals surface area contributed by atoms with Gasteiger partial charge in [-0.2, -0.15) is 0 Å². The minimum atomic E-state index is -0.697. The van der Waals surface area contributed by atoms with E-state index < -0.39 is 18.5 Å². The lowest BCUT2D eigenvalue weighted by Gasteiger charge is -2.18. The maximum atomic E-state index is 13.0. The molecule has 1 heterocycles. The topological polar surface area (TPSA) is 110 Å². The summed E-state index contributed by atoms with van der Waals surface area (Å²) in [6.45, 7) is 1.55. The number of halogens is 1. The number of amides is 3. The summed E-state index contributed by atoms with van der Waals surface area (Å²) < 4.78 is 5.99. The average Bonchev–Trinajstić information content (AvgIpc) is 3.20. The van der Waals surface area contributed by atoms with E-state index in [0.717, 1.165) is 10.0 Å². The summed E-state index contributed by atoms with van der Waals surface area (Å²) in [4.78, 5) is 64.8. The van der Waals surface area contributed by atoms with Crippen molar-refractivity contribution in [3.05, 3.63) is 106 Å². The Bertz CT molecular complexity index is 1540. The third-order valence-electron chi connectivity index (χ3n) is 7.07. The molecule has 0 unspecified atom stereocenters. The lowest BCUT2D eigenvalue weighted by molar-refractivity contribution is -0.122. The number of benzene rings is 3. The molecule has 9 heteroatoms. The monoisotopic (exact) mass is 600 g/mol. The highest BCUT2D eigenvalue weighted by Crippen LogP contribution is 2.39. The second kappa shape index (κ2) is 11.4. The molecule has 1 aliphatic carbocycles. The van der Waals surface area contributed by atoms with Gasteiger partial charge in [0.05, 0.1) is 23.1 Å². The molecule has 1 saturated heterocycles. The summed E-state index contributed by atoms with van der Waals surface area (Å²) in [6, 6.07) is 19.2. The van der Waals surface area contributed by atoms with Crippen LogP contribution in [0.2, 0.25) is 0 Å². The van der Waals surface area contributed by atoms with Crippen molar-refractivity contribution >= 4 is 56.8 Å². The molecule has 3 aromatic carbocycles. The van der Waals surface area contributed by atoms with Crippen molar-refractivity contribution in [2.24, 2.45) is 11.8 Å². The maximum absolute atomic E-state index is 13.0. The van der Waals surface area contributed by atoms with E-state index in [1.54, 1.807) is 60.7 Å². The van der Waals surface area contributed by atoms with Crippen molar-refractivity contribution in [2.75, 3.05) is 16.8 Å². The summed E-state index contributed by atoms with van der Waals surface area (Å²) in [7, 11) is 0. The second-order valence-electron chi connectivity index (χ2n) is 9.80. The number of nitrogens with one attached hydrogen (secondary N) is 1. The Kier molecular flexibility index (Phi) is 7.75. The number of rotatable bonds is 7. The van der Waals surface area contributed by atoms with Crippen molar-refractivity contribution < 1.29 is 28.7 Å². The van der Waals surface area contributed by atoms with Crippen LogP contribution in [-0.2, 0) is 14.3 Å². The van der Waals surface area contributed by atoms with Gasteiger partial charge in [-0.15, -0.1) is 0 Å². The Hall–Kier alpha value is -4.37. The molecular weight excluding hydrogens is 576 g/mol. The van der Waals surface area contributed by atoms with Crippen LogP contribution in [0.5, 0.6) is 0 Å². The lowest BCUT2D eigenvalue weighted by atomic mass is 9.82. The van der Waals surface area contributed by atoms with E-state index in [0.29, 0.717) is 35.3 Å². The number of ketones is 1. The highest BCUT2D eigenvalue weighted by molar-refractivity contribution is 9.10. The quantitative estimate of drug-likeness (QED) is 0.164. The van der Waals surface area contributed by atoms with Crippen LogP contribution in [-0.4, -0.2) is 36.1 Å². The van der Waals surface area contributed by atoms with Crippen LogP contribution in [0.3, 0.4) is 0 Å². The Morgan fingerprint density at radius 1 is 0.900 bits per heavy atom. The van der Waals surface area contributed by atoms with Gasteiger partial charge in [0.25, 0.3) is 5.91 Å². The van der Waals surface area contributed by atoms with Gasteiger partial charge in [0.15, 0.2) is 12.4 Å². The number of carbonyl (C=O) groups is 5. The molecule has 202 valence electrons. The van der Waals surface area contributed by atoms with Crippen molar-refractivity contribution in [3.8, 4) is 0 Å². The van der Waals surface area contributed by atoms with Crippen LogP contribution in [0.4, 0.5) is 11.4 Å². The van der Waals surface area contributed by atoms with E-state index >= 15 is 0 Å². The van der Waals surface area contributed by atoms with Gasteiger partial charge >= 0.3 is 5.97 Å². The molecule has 1 aliphatic heterocycles. The Labute approximate surface area is 239 Å². The molecular formula is C31H25BrN2O6. The molecule has 3 aromatic rings. The van der Waals surface area contributed by atoms with Crippen LogP contribution in [0, 0.1) is 11.8 Å². The lowest BCUT2D eigenvalue weighted by Crippen LogP contribution is -2.30. The molecule has 0 spiro atoms. The van der Waals surface area contributed by atoms with E-state index in [2.05, 4.69) is 21.2 Å². The van der Waals surface area contributed by atoms with E-state index in [9.17, 15) is 24.0 Å². The molecule has 1 fully saturated rings. The molecule has 0 radical (unpaired) electrons. The van der Waals surface area contributed by atoms with Gasteiger partial charge in [-0.25, -0.2) is 4.79 Å². The standard InChI is InChI=1S/C31H25BrN2O6/c1-18-5-14-25-26(15-18)30(38)34(29(25)37)24-12-8-20(9-13-24)28(36)33-23-4-2-3-21(16-23)31(39)40-17-27(35)19-6-10-22(32)11-7-19/h2-13,16,25-26H,14-15,17H2,1H3,(H,33,36)/t25-,26+/m0/s1. The molecule has 0 saturated carbocycles. The van der Waals surface area contributed by atoms with E-state index in [-0.39, 0.29) is 35.0 Å². The predicted molar refractivity (Wildman–Crippen MR) is 152 cm³/mol. The van der Waals surface area contributed by atoms with Crippen LogP contribution < -0.4 is 10.2 Å². The first-order chi connectivity index (χ1) is 19.2. The molecule has 2 aliphatic rings. The Morgan fingerprint density at radius 2 is 1.57 bits per heavy atom. The fourth-order valence-corrected chi connectivity index (χ4v) is 5.18.